The Morgan fingerprint density at radius 3 is 2.00 bits per heavy atom. The first-order chi connectivity index (χ1) is 5.52. The maximum Gasteiger partial charge on any atom is 0.0603 e. The highest BCUT2D eigenvalue weighted by atomic mass is 79.9. The predicted octanol–water partition coefficient (Wildman–Crippen LogP) is 2.81. The number of benzene rings is 1. The van der Waals surface area contributed by atoms with Crippen LogP contribution in [-0.4, -0.2) is 0 Å². The van der Waals surface area contributed by atoms with Crippen LogP contribution in [-0.2, 0) is 0 Å². The van der Waals surface area contributed by atoms with Gasteiger partial charge in [-0.15, -0.1) is 0 Å². The maximum atomic E-state index is 5.72. The van der Waals surface area contributed by atoms with Crippen LogP contribution in [0.2, 0.25) is 0 Å². The van der Waals surface area contributed by atoms with Crippen LogP contribution in [0, 0.1) is 0 Å². The van der Waals surface area contributed by atoms with Gasteiger partial charge in [-0.3, -0.25) is 0 Å². The van der Waals surface area contributed by atoms with Crippen LogP contribution in [0.5, 0.6) is 0 Å². The highest BCUT2D eigenvalue weighted by Gasteiger charge is 2.06. The summed E-state index contributed by atoms with van der Waals surface area (Å²) in [6.45, 7) is 1.93. The summed E-state index contributed by atoms with van der Waals surface area (Å²) < 4.78 is 1.76. The molecule has 0 heterocycles. The summed E-state index contributed by atoms with van der Waals surface area (Å²) in [5, 5.41) is 0. The van der Waals surface area contributed by atoms with E-state index in [9.17, 15) is 0 Å². The Morgan fingerprint density at radius 1 is 1.25 bits per heavy atom. The zero-order valence-electron chi connectivity index (χ0n) is 6.64. The first-order valence-electron chi connectivity index (χ1n) is 3.52. The lowest BCUT2D eigenvalue weighted by Gasteiger charge is -2.09. The zero-order chi connectivity index (χ0) is 9.30. The highest BCUT2D eigenvalue weighted by Crippen LogP contribution is 2.31. The van der Waals surface area contributed by atoms with E-state index in [1.165, 1.54) is 0 Å². The molecule has 1 unspecified atom stereocenters. The standard InChI is InChI=1S/C8H10Br2N2/c1-4(11)5-2-6(9)8(12)7(10)3-5/h2-4H,11-12H2,1H3. The summed E-state index contributed by atoms with van der Waals surface area (Å²) in [5.41, 5.74) is 13.2. The molecule has 1 atom stereocenters. The Balaban J connectivity index is 3.21. The van der Waals surface area contributed by atoms with Crippen molar-refractivity contribution in [1.29, 1.82) is 0 Å². The summed E-state index contributed by atoms with van der Waals surface area (Å²) in [6, 6.07) is 3.90. The van der Waals surface area contributed by atoms with Crippen molar-refractivity contribution in [3.8, 4) is 0 Å². The lowest BCUT2D eigenvalue weighted by Crippen LogP contribution is -2.05. The van der Waals surface area contributed by atoms with E-state index in [1.807, 2.05) is 19.1 Å². The molecule has 4 heteroatoms. The molecule has 0 fully saturated rings. The second kappa shape index (κ2) is 3.77. The first kappa shape index (κ1) is 10.0. The van der Waals surface area contributed by atoms with Gasteiger partial charge in [-0.05, 0) is 56.5 Å². The van der Waals surface area contributed by atoms with E-state index in [4.69, 9.17) is 11.5 Å². The minimum Gasteiger partial charge on any atom is -0.397 e. The average Bonchev–Trinajstić information content (AvgIpc) is 1.99. The predicted molar refractivity (Wildman–Crippen MR) is 58.9 cm³/mol. The van der Waals surface area contributed by atoms with Crippen molar-refractivity contribution < 1.29 is 0 Å². The quantitative estimate of drug-likeness (QED) is 0.782. The number of nitrogen functional groups attached to an aromatic ring is 1. The number of hydrogen-bond acceptors (Lipinski definition) is 2. The molecule has 1 aromatic rings. The smallest absolute Gasteiger partial charge is 0.0603 e. The fraction of sp³-hybridized carbons (Fsp3) is 0.250. The SMILES string of the molecule is CC(N)c1cc(Br)c(N)c(Br)c1. The fourth-order valence-corrected chi connectivity index (χ4v) is 2.09. The van der Waals surface area contributed by atoms with E-state index < -0.39 is 0 Å². The molecule has 0 amide bonds. The van der Waals surface area contributed by atoms with Crippen molar-refractivity contribution in [3.63, 3.8) is 0 Å². The van der Waals surface area contributed by atoms with Crippen LogP contribution in [0.1, 0.15) is 18.5 Å². The van der Waals surface area contributed by atoms with E-state index in [0.29, 0.717) is 5.69 Å². The van der Waals surface area contributed by atoms with Crippen molar-refractivity contribution in [2.45, 2.75) is 13.0 Å². The van der Waals surface area contributed by atoms with Gasteiger partial charge in [0.25, 0.3) is 0 Å². The Kier molecular flexibility index (Phi) is 3.15. The normalized spacial score (nSPS) is 13.0. The van der Waals surface area contributed by atoms with Crippen molar-refractivity contribution in [2.75, 3.05) is 5.73 Å². The molecule has 12 heavy (non-hydrogen) atoms. The minimum atomic E-state index is 0.0261. The van der Waals surface area contributed by atoms with Gasteiger partial charge in [0.1, 0.15) is 0 Å². The fourth-order valence-electron chi connectivity index (χ4n) is 0.867. The van der Waals surface area contributed by atoms with Crippen molar-refractivity contribution in [1.82, 2.24) is 0 Å². The Bertz CT molecular complexity index is 274. The molecule has 0 aliphatic heterocycles. The van der Waals surface area contributed by atoms with Crippen molar-refractivity contribution in [3.05, 3.63) is 26.6 Å². The second-order valence-electron chi connectivity index (χ2n) is 2.69. The number of rotatable bonds is 1. The molecule has 0 radical (unpaired) electrons. The molecule has 0 saturated carbocycles. The van der Waals surface area contributed by atoms with Crippen LogP contribution in [0.4, 0.5) is 5.69 Å². The Labute approximate surface area is 88.6 Å². The molecule has 0 aliphatic carbocycles. The monoisotopic (exact) mass is 292 g/mol. The van der Waals surface area contributed by atoms with Gasteiger partial charge < -0.3 is 11.5 Å². The van der Waals surface area contributed by atoms with Crippen LogP contribution in [0.3, 0.4) is 0 Å². The average molecular weight is 294 g/mol. The molecular weight excluding hydrogens is 284 g/mol. The summed E-state index contributed by atoms with van der Waals surface area (Å²) in [6.07, 6.45) is 0. The van der Waals surface area contributed by atoms with Gasteiger partial charge in [0.15, 0.2) is 0 Å². The molecule has 66 valence electrons. The molecular formula is C8H10Br2N2. The van der Waals surface area contributed by atoms with Crippen LogP contribution in [0.25, 0.3) is 0 Å². The molecule has 0 aromatic heterocycles. The van der Waals surface area contributed by atoms with Crippen molar-refractivity contribution >= 4 is 37.5 Å². The lowest BCUT2D eigenvalue weighted by atomic mass is 10.1. The van der Waals surface area contributed by atoms with E-state index >= 15 is 0 Å². The number of nitrogens with two attached hydrogens (primary N) is 2. The second-order valence-corrected chi connectivity index (χ2v) is 4.40. The van der Waals surface area contributed by atoms with Gasteiger partial charge >= 0.3 is 0 Å². The maximum absolute atomic E-state index is 5.72. The molecule has 0 aliphatic rings. The number of hydrogen-bond donors (Lipinski definition) is 2. The molecule has 0 bridgehead atoms. The van der Waals surface area contributed by atoms with Gasteiger partial charge in [-0.25, -0.2) is 0 Å². The largest absolute Gasteiger partial charge is 0.397 e. The lowest BCUT2D eigenvalue weighted by molar-refractivity contribution is 0.817. The van der Waals surface area contributed by atoms with Crippen LogP contribution < -0.4 is 11.5 Å². The third-order valence-corrected chi connectivity index (χ3v) is 2.94. The topological polar surface area (TPSA) is 52.0 Å². The van der Waals surface area contributed by atoms with Crippen molar-refractivity contribution in [2.24, 2.45) is 5.73 Å². The first-order valence-corrected chi connectivity index (χ1v) is 5.11. The van der Waals surface area contributed by atoms with Crippen LogP contribution in [0.15, 0.2) is 21.1 Å². The number of anilines is 1. The Morgan fingerprint density at radius 2 is 1.67 bits per heavy atom. The van der Waals surface area contributed by atoms with E-state index in [-0.39, 0.29) is 6.04 Å². The van der Waals surface area contributed by atoms with Gasteiger partial charge in [-0.1, -0.05) is 0 Å². The zero-order valence-corrected chi connectivity index (χ0v) is 9.81. The Hall–Kier alpha value is -0.0600. The van der Waals surface area contributed by atoms with Gasteiger partial charge in [0.2, 0.25) is 0 Å². The third kappa shape index (κ3) is 2.00. The number of halogens is 2. The van der Waals surface area contributed by atoms with Gasteiger partial charge in [-0.2, -0.15) is 0 Å². The summed E-state index contributed by atoms with van der Waals surface area (Å²) in [5.74, 6) is 0. The van der Waals surface area contributed by atoms with Crippen LogP contribution >= 0.6 is 31.9 Å². The highest BCUT2D eigenvalue weighted by molar-refractivity contribution is 9.11. The third-order valence-electron chi connectivity index (χ3n) is 1.63. The minimum absolute atomic E-state index is 0.0261. The molecule has 0 saturated heterocycles. The van der Waals surface area contributed by atoms with E-state index in [1.54, 1.807) is 0 Å². The van der Waals surface area contributed by atoms with E-state index in [0.717, 1.165) is 14.5 Å². The summed E-state index contributed by atoms with van der Waals surface area (Å²) >= 11 is 6.71. The van der Waals surface area contributed by atoms with E-state index in [2.05, 4.69) is 31.9 Å². The summed E-state index contributed by atoms with van der Waals surface area (Å²) in [4.78, 5) is 0. The molecule has 4 N–H and O–H groups in total. The van der Waals surface area contributed by atoms with Gasteiger partial charge in [0.05, 0.1) is 5.69 Å². The van der Waals surface area contributed by atoms with Gasteiger partial charge in [0, 0.05) is 15.0 Å². The molecule has 0 spiro atoms. The molecule has 1 rings (SSSR count). The summed E-state index contributed by atoms with van der Waals surface area (Å²) in [7, 11) is 0. The molecule has 2 nitrogen and oxygen atoms in total. The molecule has 1 aromatic carbocycles.